The number of sulfonamides is 1. The number of esters is 1. The summed E-state index contributed by atoms with van der Waals surface area (Å²) < 4.78 is 32.2. The van der Waals surface area contributed by atoms with Gasteiger partial charge in [-0.2, -0.15) is 0 Å². The van der Waals surface area contributed by atoms with Crippen LogP contribution in [-0.2, 0) is 14.8 Å². The highest BCUT2D eigenvalue weighted by molar-refractivity contribution is 7.89. The van der Waals surface area contributed by atoms with Gasteiger partial charge in [0.2, 0.25) is 10.0 Å². The fourth-order valence-corrected chi connectivity index (χ4v) is 5.43. The van der Waals surface area contributed by atoms with Crippen LogP contribution >= 0.6 is 22.7 Å². The van der Waals surface area contributed by atoms with Gasteiger partial charge < -0.3 is 4.74 Å². The molecule has 114 valence electrons. The van der Waals surface area contributed by atoms with Crippen LogP contribution in [0.3, 0.4) is 0 Å². The molecule has 0 aliphatic heterocycles. The van der Waals surface area contributed by atoms with E-state index in [2.05, 4.69) is 14.4 Å². The molecule has 6 nitrogen and oxygen atoms in total. The van der Waals surface area contributed by atoms with E-state index in [-0.39, 0.29) is 9.77 Å². The molecule has 0 amide bonds. The minimum atomic E-state index is -3.83. The van der Waals surface area contributed by atoms with Crippen LogP contribution in [0, 0.1) is 6.92 Å². The minimum Gasteiger partial charge on any atom is -0.465 e. The predicted molar refractivity (Wildman–Crippen MR) is 81.2 cm³/mol. The maximum absolute atomic E-state index is 12.5. The van der Waals surface area contributed by atoms with Gasteiger partial charge in [-0.25, -0.2) is 22.9 Å². The topological polar surface area (TPSA) is 85.4 Å². The molecule has 0 spiro atoms. The molecule has 0 saturated heterocycles. The van der Waals surface area contributed by atoms with Crippen LogP contribution in [0.2, 0.25) is 0 Å². The van der Waals surface area contributed by atoms with Crippen molar-refractivity contribution in [2.24, 2.45) is 0 Å². The number of rotatable bonds is 5. The normalized spacial score (nSPS) is 13.1. The van der Waals surface area contributed by atoms with Crippen molar-refractivity contribution < 1.29 is 17.9 Å². The Balaban J connectivity index is 2.36. The van der Waals surface area contributed by atoms with Crippen molar-refractivity contribution >= 4 is 38.7 Å². The number of thiophene rings is 1. The minimum absolute atomic E-state index is 0.0252. The second-order valence-corrected chi connectivity index (χ2v) is 7.74. The van der Waals surface area contributed by atoms with E-state index in [0.717, 1.165) is 11.3 Å². The quantitative estimate of drug-likeness (QED) is 0.840. The summed E-state index contributed by atoms with van der Waals surface area (Å²) in [6, 6.07) is -0.472. The molecule has 1 N–H and O–H groups in total. The largest absolute Gasteiger partial charge is 0.465 e. The maximum atomic E-state index is 12.5. The van der Waals surface area contributed by atoms with Gasteiger partial charge in [-0.1, -0.05) is 0 Å². The van der Waals surface area contributed by atoms with E-state index in [0.29, 0.717) is 10.6 Å². The Morgan fingerprint density at radius 2 is 2.14 bits per heavy atom. The fourth-order valence-electron chi connectivity index (χ4n) is 1.79. The van der Waals surface area contributed by atoms with Gasteiger partial charge in [0.15, 0.2) is 0 Å². The Morgan fingerprint density at radius 1 is 1.43 bits per heavy atom. The smallest absolute Gasteiger partial charge is 0.349 e. The van der Waals surface area contributed by atoms with Crippen LogP contribution in [0.1, 0.15) is 33.2 Å². The average molecular weight is 346 g/mol. The molecule has 2 aromatic heterocycles. The predicted octanol–water partition coefficient (Wildman–Crippen LogP) is 2.34. The lowest BCUT2D eigenvalue weighted by atomic mass is 10.3. The van der Waals surface area contributed by atoms with Gasteiger partial charge in [0.25, 0.3) is 0 Å². The van der Waals surface area contributed by atoms with Gasteiger partial charge in [-0.05, 0) is 24.8 Å². The van der Waals surface area contributed by atoms with Crippen LogP contribution in [0.4, 0.5) is 0 Å². The molecule has 0 saturated carbocycles. The number of carbonyl (C=O) groups excluding carboxylic acids is 1. The van der Waals surface area contributed by atoms with Crippen LogP contribution in [-0.4, -0.2) is 26.5 Å². The Labute approximate surface area is 130 Å². The fraction of sp³-hybridized carbons (Fsp3) is 0.333. The number of aryl methyl sites for hydroxylation is 1. The van der Waals surface area contributed by atoms with Crippen molar-refractivity contribution in [3.63, 3.8) is 0 Å². The van der Waals surface area contributed by atoms with Gasteiger partial charge in [-0.15, -0.1) is 22.7 Å². The molecule has 2 heterocycles. The average Bonchev–Trinajstić information content (AvgIpc) is 3.06. The summed E-state index contributed by atoms with van der Waals surface area (Å²) in [7, 11) is -2.61. The summed E-state index contributed by atoms with van der Waals surface area (Å²) in [5, 5.41) is 4.05. The molecule has 0 aromatic carbocycles. The highest BCUT2D eigenvalue weighted by Crippen LogP contribution is 2.29. The molecule has 0 fully saturated rings. The zero-order valence-electron chi connectivity index (χ0n) is 11.6. The lowest BCUT2D eigenvalue weighted by Crippen LogP contribution is -2.28. The Morgan fingerprint density at radius 3 is 2.71 bits per heavy atom. The van der Waals surface area contributed by atoms with Crippen LogP contribution in [0.25, 0.3) is 0 Å². The molecule has 2 rings (SSSR count). The van der Waals surface area contributed by atoms with E-state index in [4.69, 9.17) is 0 Å². The number of thiazole rings is 1. The molecule has 0 aliphatic carbocycles. The summed E-state index contributed by atoms with van der Waals surface area (Å²) in [5.41, 5.74) is 0.513. The van der Waals surface area contributed by atoms with Crippen molar-refractivity contribution in [2.45, 2.75) is 24.8 Å². The number of aromatic nitrogens is 1. The first-order valence-corrected chi connectivity index (χ1v) is 9.19. The van der Waals surface area contributed by atoms with Gasteiger partial charge in [0, 0.05) is 11.6 Å². The van der Waals surface area contributed by atoms with Crippen molar-refractivity contribution in [1.82, 2.24) is 9.71 Å². The molecule has 21 heavy (non-hydrogen) atoms. The molecule has 0 bridgehead atoms. The summed E-state index contributed by atoms with van der Waals surface area (Å²) in [5.74, 6) is -0.657. The number of carbonyl (C=O) groups is 1. The number of ether oxygens (including phenoxy) is 1. The van der Waals surface area contributed by atoms with E-state index in [9.17, 15) is 13.2 Å². The van der Waals surface area contributed by atoms with Crippen LogP contribution in [0.5, 0.6) is 0 Å². The first kappa shape index (κ1) is 16.1. The molecular weight excluding hydrogens is 332 g/mol. The monoisotopic (exact) mass is 346 g/mol. The van der Waals surface area contributed by atoms with Gasteiger partial charge in [-0.3, -0.25) is 0 Å². The third kappa shape index (κ3) is 3.31. The molecule has 2 aromatic rings. The first-order chi connectivity index (χ1) is 9.86. The van der Waals surface area contributed by atoms with E-state index in [1.807, 2.05) is 0 Å². The summed E-state index contributed by atoms with van der Waals surface area (Å²) >= 11 is 2.41. The zero-order valence-corrected chi connectivity index (χ0v) is 14.1. The third-order valence-electron chi connectivity index (χ3n) is 2.71. The second kappa shape index (κ2) is 6.22. The summed E-state index contributed by atoms with van der Waals surface area (Å²) in [6.45, 7) is 3.35. The SMILES string of the molecule is COC(=O)c1scc(C)c1S(=O)(=O)NC(C)c1nccs1. The standard InChI is InChI=1S/C12H14N2O4S3/c1-7-6-20-9(12(15)18-3)10(7)21(16,17)14-8(2)11-13-4-5-19-11/h4-6,8,14H,1-3H3. The van der Waals surface area contributed by atoms with Crippen LogP contribution < -0.4 is 4.72 Å². The van der Waals surface area contributed by atoms with E-state index >= 15 is 0 Å². The molecule has 0 radical (unpaired) electrons. The number of methoxy groups -OCH3 is 1. The molecule has 9 heteroatoms. The first-order valence-electron chi connectivity index (χ1n) is 5.95. The van der Waals surface area contributed by atoms with Gasteiger partial charge in [0.1, 0.15) is 14.8 Å². The van der Waals surface area contributed by atoms with Crippen LogP contribution in [0.15, 0.2) is 21.9 Å². The Bertz CT molecular complexity index is 735. The lowest BCUT2D eigenvalue weighted by molar-refractivity contribution is 0.0602. The lowest BCUT2D eigenvalue weighted by Gasteiger charge is -2.13. The molecule has 1 unspecified atom stereocenters. The maximum Gasteiger partial charge on any atom is 0.349 e. The zero-order chi connectivity index (χ0) is 15.6. The molecule has 0 aliphatic rings. The van der Waals surface area contributed by atoms with Gasteiger partial charge >= 0.3 is 5.97 Å². The van der Waals surface area contributed by atoms with Crippen molar-refractivity contribution in [3.05, 3.63) is 32.4 Å². The molecular formula is C12H14N2O4S3. The Kier molecular flexibility index (Phi) is 4.77. The number of hydrogen-bond donors (Lipinski definition) is 1. The van der Waals surface area contributed by atoms with Crippen molar-refractivity contribution in [3.8, 4) is 0 Å². The second-order valence-electron chi connectivity index (χ2n) is 4.28. The number of nitrogens with zero attached hydrogens (tertiary/aromatic N) is 1. The van der Waals surface area contributed by atoms with E-state index in [1.165, 1.54) is 18.4 Å². The summed E-state index contributed by atoms with van der Waals surface area (Å²) in [4.78, 5) is 15.8. The summed E-state index contributed by atoms with van der Waals surface area (Å²) in [6.07, 6.45) is 1.61. The van der Waals surface area contributed by atoms with E-state index < -0.39 is 22.0 Å². The molecule has 1 atom stereocenters. The Hall–Kier alpha value is -1.29. The van der Waals surface area contributed by atoms with E-state index in [1.54, 1.807) is 30.8 Å². The van der Waals surface area contributed by atoms with Crippen molar-refractivity contribution in [1.29, 1.82) is 0 Å². The van der Waals surface area contributed by atoms with Crippen molar-refractivity contribution in [2.75, 3.05) is 7.11 Å². The number of nitrogens with one attached hydrogen (secondary N) is 1. The highest BCUT2D eigenvalue weighted by Gasteiger charge is 2.29. The third-order valence-corrected chi connectivity index (χ3v) is 6.60. The number of hydrogen-bond acceptors (Lipinski definition) is 7. The highest BCUT2D eigenvalue weighted by atomic mass is 32.2. The van der Waals surface area contributed by atoms with Gasteiger partial charge in [0.05, 0.1) is 13.2 Å².